The first-order valence-corrected chi connectivity index (χ1v) is 1.95. The number of Topliss-reactive ketones (excluding diaryl/α,β-unsaturated/α-hetero) is 1. The van der Waals surface area contributed by atoms with Gasteiger partial charge in [-0.2, -0.15) is 0 Å². The molecule has 0 spiro atoms. The van der Waals surface area contributed by atoms with Gasteiger partial charge in [-0.25, -0.2) is 4.39 Å². The maximum atomic E-state index is 11.5. The highest BCUT2D eigenvalue weighted by molar-refractivity contribution is 5.85. The Hall–Kier alpha value is -0.400. The summed E-state index contributed by atoms with van der Waals surface area (Å²) in [5, 5.41) is 0. The van der Waals surface area contributed by atoms with Crippen molar-refractivity contribution in [2.24, 2.45) is 0 Å². The van der Waals surface area contributed by atoms with Gasteiger partial charge in [0.1, 0.15) is 12.0 Å². The number of hydrogen-bond acceptors (Lipinski definition) is 1. The SMILES string of the molecule is O=C1CC(F)C1. The van der Waals surface area contributed by atoms with Crippen molar-refractivity contribution in [3.8, 4) is 0 Å². The van der Waals surface area contributed by atoms with E-state index in [9.17, 15) is 9.18 Å². The van der Waals surface area contributed by atoms with E-state index in [4.69, 9.17) is 0 Å². The predicted molar refractivity (Wildman–Crippen MR) is 19.1 cm³/mol. The van der Waals surface area contributed by atoms with Crippen LogP contribution in [0.2, 0.25) is 0 Å². The Kier molecular flexibility index (Phi) is 0.650. The standard InChI is InChI=1S/C4H5FO/c5-3-1-4(6)2-3/h3H,1-2H2. The second-order valence-corrected chi connectivity index (χ2v) is 1.54. The van der Waals surface area contributed by atoms with E-state index in [0.717, 1.165) is 0 Å². The molecule has 0 N–H and O–H groups in total. The van der Waals surface area contributed by atoms with Crippen LogP contribution in [0.4, 0.5) is 4.39 Å². The second kappa shape index (κ2) is 1.03. The lowest BCUT2D eigenvalue weighted by Gasteiger charge is -2.13. The first kappa shape index (κ1) is 3.78. The molecule has 1 aliphatic carbocycles. The van der Waals surface area contributed by atoms with Crippen molar-refractivity contribution >= 4 is 5.78 Å². The third-order valence-electron chi connectivity index (χ3n) is 0.898. The average Bonchev–Trinajstić information content (AvgIpc) is 1.33. The number of carbonyl (C=O) groups is 1. The number of carbonyl (C=O) groups excluding carboxylic acids is 1. The molecule has 0 aliphatic heterocycles. The summed E-state index contributed by atoms with van der Waals surface area (Å²) >= 11 is 0. The van der Waals surface area contributed by atoms with Crippen LogP contribution in [0.25, 0.3) is 0 Å². The molecule has 1 nitrogen and oxygen atoms in total. The molecule has 0 atom stereocenters. The van der Waals surface area contributed by atoms with E-state index in [0.29, 0.717) is 0 Å². The summed E-state index contributed by atoms with van der Waals surface area (Å²) in [4.78, 5) is 9.87. The van der Waals surface area contributed by atoms with E-state index in [-0.39, 0.29) is 18.6 Å². The Balaban J connectivity index is 2.28. The molecule has 0 unspecified atom stereocenters. The monoisotopic (exact) mass is 88.0 g/mol. The molecule has 34 valence electrons. The molecular weight excluding hydrogens is 83.0 g/mol. The first-order chi connectivity index (χ1) is 2.79. The molecule has 2 heteroatoms. The highest BCUT2D eigenvalue weighted by Crippen LogP contribution is 2.16. The minimum absolute atomic E-state index is 0.0579. The van der Waals surface area contributed by atoms with Gasteiger partial charge in [-0.1, -0.05) is 0 Å². The van der Waals surface area contributed by atoms with Crippen molar-refractivity contribution in [2.45, 2.75) is 19.0 Å². The van der Waals surface area contributed by atoms with Crippen molar-refractivity contribution < 1.29 is 9.18 Å². The van der Waals surface area contributed by atoms with Crippen molar-refractivity contribution in [2.75, 3.05) is 0 Å². The summed E-state index contributed by atoms with van der Waals surface area (Å²) in [6.07, 6.45) is -0.475. The molecule has 1 saturated carbocycles. The maximum Gasteiger partial charge on any atom is 0.138 e. The molecule has 6 heavy (non-hydrogen) atoms. The highest BCUT2D eigenvalue weighted by atomic mass is 19.1. The number of ketones is 1. The van der Waals surface area contributed by atoms with Crippen molar-refractivity contribution in [3.05, 3.63) is 0 Å². The summed E-state index contributed by atoms with van der Waals surface area (Å²) < 4.78 is 11.5. The zero-order chi connectivity index (χ0) is 4.57. The molecule has 1 rings (SSSR count). The van der Waals surface area contributed by atoms with Gasteiger partial charge in [0, 0.05) is 12.8 Å². The van der Waals surface area contributed by atoms with E-state index in [1.807, 2.05) is 0 Å². The van der Waals surface area contributed by atoms with Crippen LogP contribution in [-0.4, -0.2) is 12.0 Å². The van der Waals surface area contributed by atoms with Crippen LogP contribution < -0.4 is 0 Å². The Labute approximate surface area is 35.2 Å². The van der Waals surface area contributed by atoms with E-state index < -0.39 is 6.17 Å². The fourth-order valence-electron chi connectivity index (χ4n) is 0.434. The zero-order valence-corrected chi connectivity index (χ0v) is 3.28. The lowest BCUT2D eigenvalue weighted by Crippen LogP contribution is -2.23. The molecule has 1 fully saturated rings. The summed E-state index contributed by atoms with van der Waals surface area (Å²) in [5.74, 6) is 0.0579. The largest absolute Gasteiger partial charge is 0.299 e. The van der Waals surface area contributed by atoms with Gasteiger partial charge >= 0.3 is 0 Å². The Bertz CT molecular complexity index is 71.6. The fourth-order valence-corrected chi connectivity index (χ4v) is 0.434. The number of alkyl halides is 1. The van der Waals surface area contributed by atoms with Crippen LogP contribution in [0.15, 0.2) is 0 Å². The predicted octanol–water partition coefficient (Wildman–Crippen LogP) is 0.687. The Morgan fingerprint density at radius 1 is 1.67 bits per heavy atom. The number of hydrogen-bond donors (Lipinski definition) is 0. The molecule has 1 aliphatic rings. The van der Waals surface area contributed by atoms with Gasteiger partial charge < -0.3 is 0 Å². The highest BCUT2D eigenvalue weighted by Gasteiger charge is 2.25. The average molecular weight is 88.1 g/mol. The van der Waals surface area contributed by atoms with E-state index in [1.165, 1.54) is 0 Å². The number of halogens is 1. The lowest BCUT2D eigenvalue weighted by molar-refractivity contribution is -0.127. The smallest absolute Gasteiger partial charge is 0.138 e. The number of rotatable bonds is 0. The van der Waals surface area contributed by atoms with Crippen molar-refractivity contribution in [3.63, 3.8) is 0 Å². The van der Waals surface area contributed by atoms with Crippen LogP contribution in [0.1, 0.15) is 12.8 Å². The van der Waals surface area contributed by atoms with Gasteiger partial charge in [0.05, 0.1) is 0 Å². The molecule has 0 saturated heterocycles. The van der Waals surface area contributed by atoms with E-state index in [1.54, 1.807) is 0 Å². The van der Waals surface area contributed by atoms with E-state index in [2.05, 4.69) is 0 Å². The summed E-state index contributed by atoms with van der Waals surface area (Å²) in [6.45, 7) is 0. The molecule has 0 bridgehead atoms. The minimum atomic E-state index is -0.808. The summed E-state index contributed by atoms with van der Waals surface area (Å²) in [7, 11) is 0. The van der Waals surface area contributed by atoms with E-state index >= 15 is 0 Å². The van der Waals surface area contributed by atoms with Crippen LogP contribution >= 0.6 is 0 Å². The summed E-state index contributed by atoms with van der Waals surface area (Å²) in [5.41, 5.74) is 0. The van der Waals surface area contributed by atoms with Gasteiger partial charge in [-0.15, -0.1) is 0 Å². The molecule has 0 aromatic carbocycles. The van der Waals surface area contributed by atoms with Crippen LogP contribution in [0, 0.1) is 0 Å². The van der Waals surface area contributed by atoms with Crippen LogP contribution in [0.5, 0.6) is 0 Å². The van der Waals surface area contributed by atoms with Gasteiger partial charge in [0.2, 0.25) is 0 Å². The van der Waals surface area contributed by atoms with Gasteiger partial charge in [0.15, 0.2) is 0 Å². The third-order valence-corrected chi connectivity index (χ3v) is 0.898. The normalized spacial score (nSPS) is 23.8. The molecule has 0 amide bonds. The van der Waals surface area contributed by atoms with Gasteiger partial charge in [-0.3, -0.25) is 4.79 Å². The second-order valence-electron chi connectivity index (χ2n) is 1.54. The Morgan fingerprint density at radius 2 is 2.17 bits per heavy atom. The molecular formula is C4H5FO. The Morgan fingerprint density at radius 3 is 2.17 bits per heavy atom. The molecule has 0 aromatic rings. The van der Waals surface area contributed by atoms with Crippen molar-refractivity contribution in [1.29, 1.82) is 0 Å². The minimum Gasteiger partial charge on any atom is -0.299 e. The molecule has 0 heterocycles. The van der Waals surface area contributed by atoms with Crippen LogP contribution in [0.3, 0.4) is 0 Å². The fraction of sp³-hybridized carbons (Fsp3) is 0.750. The third kappa shape index (κ3) is 0.421. The first-order valence-electron chi connectivity index (χ1n) is 1.95. The molecule has 0 radical (unpaired) electrons. The zero-order valence-electron chi connectivity index (χ0n) is 3.28. The quantitative estimate of drug-likeness (QED) is 0.425. The van der Waals surface area contributed by atoms with Crippen LogP contribution in [-0.2, 0) is 4.79 Å². The topological polar surface area (TPSA) is 17.1 Å². The van der Waals surface area contributed by atoms with Gasteiger partial charge in [-0.05, 0) is 0 Å². The summed E-state index contributed by atoms with van der Waals surface area (Å²) in [6, 6.07) is 0. The molecule has 0 aromatic heterocycles. The van der Waals surface area contributed by atoms with Crippen molar-refractivity contribution in [1.82, 2.24) is 0 Å². The maximum absolute atomic E-state index is 11.5. The lowest BCUT2D eigenvalue weighted by atomic mass is 9.96. The van der Waals surface area contributed by atoms with Gasteiger partial charge in [0.25, 0.3) is 0 Å².